The SMILES string of the molecule is Cc1cc(C)c(C)c(C(=O)CC2CCCCCC2)c1C. The molecule has 0 saturated heterocycles. The third-order valence-electron chi connectivity index (χ3n) is 5.09. The smallest absolute Gasteiger partial charge is 0.163 e. The second-order valence-electron chi connectivity index (χ2n) is 6.62. The van der Waals surface area contributed by atoms with Gasteiger partial charge in [-0.15, -0.1) is 0 Å². The summed E-state index contributed by atoms with van der Waals surface area (Å²) in [6.07, 6.45) is 8.57. The van der Waals surface area contributed by atoms with E-state index >= 15 is 0 Å². The molecule has 0 spiro atoms. The Morgan fingerprint density at radius 3 is 1.95 bits per heavy atom. The van der Waals surface area contributed by atoms with E-state index in [0.29, 0.717) is 11.7 Å². The van der Waals surface area contributed by atoms with Crippen molar-refractivity contribution in [2.75, 3.05) is 0 Å². The number of carbonyl (C=O) groups excluding carboxylic acids is 1. The van der Waals surface area contributed by atoms with Crippen LogP contribution >= 0.6 is 0 Å². The summed E-state index contributed by atoms with van der Waals surface area (Å²) in [7, 11) is 0. The number of aryl methyl sites for hydroxylation is 2. The van der Waals surface area contributed by atoms with Crippen molar-refractivity contribution in [2.24, 2.45) is 5.92 Å². The van der Waals surface area contributed by atoms with Crippen molar-refractivity contribution >= 4 is 5.78 Å². The Bertz CT molecular complexity index is 465. The van der Waals surface area contributed by atoms with Gasteiger partial charge in [0.1, 0.15) is 0 Å². The van der Waals surface area contributed by atoms with Gasteiger partial charge >= 0.3 is 0 Å². The standard InChI is InChI=1S/C19H28O/c1-13-11-14(2)16(4)19(15(13)3)18(20)12-17-9-7-5-6-8-10-17/h11,17H,5-10,12H2,1-4H3. The molecule has 1 aromatic carbocycles. The van der Waals surface area contributed by atoms with Gasteiger partial charge in [0.15, 0.2) is 5.78 Å². The van der Waals surface area contributed by atoms with Gasteiger partial charge in [0.25, 0.3) is 0 Å². The molecule has 0 amide bonds. The van der Waals surface area contributed by atoms with Crippen LogP contribution in [0.15, 0.2) is 6.07 Å². The van der Waals surface area contributed by atoms with Crippen molar-refractivity contribution in [1.29, 1.82) is 0 Å². The average Bonchev–Trinajstić information content (AvgIpc) is 2.65. The Morgan fingerprint density at radius 2 is 1.45 bits per heavy atom. The summed E-state index contributed by atoms with van der Waals surface area (Å²) in [5.41, 5.74) is 5.87. The molecule has 2 rings (SSSR count). The maximum Gasteiger partial charge on any atom is 0.163 e. The zero-order valence-electron chi connectivity index (χ0n) is 13.5. The highest BCUT2D eigenvalue weighted by molar-refractivity contribution is 5.99. The molecule has 1 nitrogen and oxygen atoms in total. The molecule has 0 aliphatic heterocycles. The van der Waals surface area contributed by atoms with Gasteiger partial charge in [0, 0.05) is 12.0 Å². The van der Waals surface area contributed by atoms with Gasteiger partial charge in [-0.1, -0.05) is 44.6 Å². The van der Waals surface area contributed by atoms with Crippen LogP contribution in [0.2, 0.25) is 0 Å². The number of ketones is 1. The van der Waals surface area contributed by atoms with Crippen LogP contribution in [0.5, 0.6) is 0 Å². The fourth-order valence-corrected chi connectivity index (χ4v) is 3.57. The summed E-state index contributed by atoms with van der Waals surface area (Å²) in [4.78, 5) is 12.8. The summed E-state index contributed by atoms with van der Waals surface area (Å²) in [5, 5.41) is 0. The molecule has 0 atom stereocenters. The second kappa shape index (κ2) is 6.56. The predicted octanol–water partition coefficient (Wildman–Crippen LogP) is 5.46. The summed E-state index contributed by atoms with van der Waals surface area (Å²) >= 11 is 0. The van der Waals surface area contributed by atoms with E-state index in [1.54, 1.807) is 0 Å². The van der Waals surface area contributed by atoms with E-state index in [0.717, 1.165) is 12.0 Å². The van der Waals surface area contributed by atoms with Gasteiger partial charge in [0.2, 0.25) is 0 Å². The van der Waals surface area contributed by atoms with Crippen LogP contribution < -0.4 is 0 Å². The summed E-state index contributed by atoms with van der Waals surface area (Å²) < 4.78 is 0. The number of Topliss-reactive ketones (excluding diaryl/α,β-unsaturated/α-hetero) is 1. The molecule has 20 heavy (non-hydrogen) atoms. The molecule has 1 fully saturated rings. The van der Waals surface area contributed by atoms with E-state index in [-0.39, 0.29) is 0 Å². The van der Waals surface area contributed by atoms with Gasteiger partial charge < -0.3 is 0 Å². The Morgan fingerprint density at radius 1 is 0.950 bits per heavy atom. The molecule has 0 radical (unpaired) electrons. The van der Waals surface area contributed by atoms with E-state index in [1.807, 2.05) is 0 Å². The van der Waals surface area contributed by atoms with Crippen molar-refractivity contribution in [3.05, 3.63) is 33.9 Å². The Hall–Kier alpha value is -1.11. The molecule has 0 unspecified atom stereocenters. The van der Waals surface area contributed by atoms with Crippen LogP contribution in [-0.4, -0.2) is 5.78 Å². The van der Waals surface area contributed by atoms with Crippen LogP contribution in [0, 0.1) is 33.6 Å². The quantitative estimate of drug-likeness (QED) is 0.527. The number of carbonyl (C=O) groups is 1. The van der Waals surface area contributed by atoms with Crippen LogP contribution in [0.4, 0.5) is 0 Å². The third-order valence-corrected chi connectivity index (χ3v) is 5.09. The second-order valence-corrected chi connectivity index (χ2v) is 6.62. The zero-order valence-corrected chi connectivity index (χ0v) is 13.5. The number of rotatable bonds is 3. The molecule has 0 bridgehead atoms. The molecule has 110 valence electrons. The van der Waals surface area contributed by atoms with Gasteiger partial charge in [-0.05, 0) is 55.9 Å². The maximum absolute atomic E-state index is 12.8. The minimum atomic E-state index is 0.374. The predicted molar refractivity (Wildman–Crippen MR) is 85.5 cm³/mol. The lowest BCUT2D eigenvalue weighted by atomic mass is 9.86. The molecule has 0 N–H and O–H groups in total. The fraction of sp³-hybridized carbons (Fsp3) is 0.632. The molecule has 1 saturated carbocycles. The average molecular weight is 272 g/mol. The number of hydrogen-bond donors (Lipinski definition) is 0. The first kappa shape index (κ1) is 15.3. The fourth-order valence-electron chi connectivity index (χ4n) is 3.57. The normalized spacial score (nSPS) is 17.0. The van der Waals surface area contributed by atoms with Crippen molar-refractivity contribution in [3.63, 3.8) is 0 Å². The largest absolute Gasteiger partial charge is 0.294 e. The molecule has 0 heterocycles. The lowest BCUT2D eigenvalue weighted by Gasteiger charge is -2.17. The van der Waals surface area contributed by atoms with E-state index < -0.39 is 0 Å². The molecule has 0 aromatic heterocycles. The molecule has 1 aliphatic carbocycles. The highest BCUT2D eigenvalue weighted by atomic mass is 16.1. The molecule has 1 heteroatoms. The zero-order chi connectivity index (χ0) is 14.7. The highest BCUT2D eigenvalue weighted by Gasteiger charge is 2.20. The van der Waals surface area contributed by atoms with Crippen molar-refractivity contribution in [1.82, 2.24) is 0 Å². The first-order valence-electron chi connectivity index (χ1n) is 8.11. The van der Waals surface area contributed by atoms with Crippen LogP contribution in [0.1, 0.15) is 77.6 Å². The lowest BCUT2D eigenvalue weighted by molar-refractivity contribution is 0.0955. The number of benzene rings is 1. The number of hydrogen-bond acceptors (Lipinski definition) is 1. The van der Waals surface area contributed by atoms with Gasteiger partial charge in [-0.3, -0.25) is 4.79 Å². The Balaban J connectivity index is 2.20. The summed E-state index contributed by atoms with van der Waals surface area (Å²) in [6, 6.07) is 2.20. The lowest BCUT2D eigenvalue weighted by Crippen LogP contribution is -2.12. The van der Waals surface area contributed by atoms with Gasteiger partial charge in [-0.2, -0.15) is 0 Å². The van der Waals surface area contributed by atoms with E-state index in [4.69, 9.17) is 0 Å². The van der Waals surface area contributed by atoms with Gasteiger partial charge in [-0.25, -0.2) is 0 Å². The van der Waals surface area contributed by atoms with Crippen molar-refractivity contribution in [3.8, 4) is 0 Å². The summed E-state index contributed by atoms with van der Waals surface area (Å²) in [6.45, 7) is 8.43. The molecule has 1 aromatic rings. The van der Waals surface area contributed by atoms with Gasteiger partial charge in [0.05, 0.1) is 0 Å². The minimum absolute atomic E-state index is 0.374. The van der Waals surface area contributed by atoms with E-state index in [1.165, 1.54) is 60.8 Å². The minimum Gasteiger partial charge on any atom is -0.294 e. The molecule has 1 aliphatic rings. The monoisotopic (exact) mass is 272 g/mol. The molecular formula is C19H28O. The first-order valence-corrected chi connectivity index (χ1v) is 8.11. The molecular weight excluding hydrogens is 244 g/mol. The first-order chi connectivity index (χ1) is 9.50. The van der Waals surface area contributed by atoms with Crippen LogP contribution in [0.3, 0.4) is 0 Å². The van der Waals surface area contributed by atoms with Crippen molar-refractivity contribution < 1.29 is 4.79 Å². The highest BCUT2D eigenvalue weighted by Crippen LogP contribution is 2.29. The maximum atomic E-state index is 12.8. The topological polar surface area (TPSA) is 17.1 Å². The van der Waals surface area contributed by atoms with Crippen LogP contribution in [-0.2, 0) is 0 Å². The van der Waals surface area contributed by atoms with E-state index in [9.17, 15) is 4.79 Å². The van der Waals surface area contributed by atoms with E-state index in [2.05, 4.69) is 33.8 Å². The Labute approximate surface area is 123 Å². The third kappa shape index (κ3) is 3.31. The Kier molecular flexibility index (Phi) is 5.01. The van der Waals surface area contributed by atoms with Crippen molar-refractivity contribution in [2.45, 2.75) is 72.6 Å². The van der Waals surface area contributed by atoms with Crippen LogP contribution in [0.25, 0.3) is 0 Å². The summed E-state index contributed by atoms with van der Waals surface area (Å²) in [5.74, 6) is 0.989.